The van der Waals surface area contributed by atoms with E-state index in [0.29, 0.717) is 17.6 Å². The Hall–Kier alpha value is -1.85. The normalized spacial score (nSPS) is 28.4. The number of nitrogens with one attached hydrogen (secondary N) is 1. The van der Waals surface area contributed by atoms with E-state index in [0.717, 1.165) is 11.8 Å². The summed E-state index contributed by atoms with van der Waals surface area (Å²) < 4.78 is 5.07. The molecule has 2 aliphatic rings. The van der Waals surface area contributed by atoms with Gasteiger partial charge in [-0.15, -0.1) is 0 Å². The van der Waals surface area contributed by atoms with Crippen LogP contribution in [0.25, 0.3) is 0 Å². The lowest BCUT2D eigenvalue weighted by Gasteiger charge is -2.28. The van der Waals surface area contributed by atoms with Crippen molar-refractivity contribution in [3.8, 4) is 5.88 Å². The molecule has 0 spiro atoms. The van der Waals surface area contributed by atoms with E-state index >= 15 is 0 Å². The number of nitro groups is 1. The molecule has 1 aromatic heterocycles. The largest absolute Gasteiger partial charge is 0.481 e. The highest BCUT2D eigenvalue weighted by Crippen LogP contribution is 2.50. The zero-order chi connectivity index (χ0) is 15.0. The average molecular weight is 291 g/mol. The topological polar surface area (TPSA) is 77.3 Å². The van der Waals surface area contributed by atoms with E-state index in [2.05, 4.69) is 17.2 Å². The van der Waals surface area contributed by atoms with Gasteiger partial charge in [0.2, 0.25) is 11.7 Å². The molecule has 1 heterocycles. The highest BCUT2D eigenvalue weighted by atomic mass is 16.6. The lowest BCUT2D eigenvalue weighted by molar-refractivity contribution is -0.384. The highest BCUT2D eigenvalue weighted by Gasteiger charge is 2.42. The number of rotatable bonds is 5. The van der Waals surface area contributed by atoms with E-state index in [1.165, 1.54) is 44.9 Å². The molecule has 0 saturated heterocycles. The fourth-order valence-electron chi connectivity index (χ4n) is 4.03. The van der Waals surface area contributed by atoms with Gasteiger partial charge in [-0.2, -0.15) is 4.98 Å². The fourth-order valence-corrected chi connectivity index (χ4v) is 4.03. The number of hydrogen-bond donors (Lipinski definition) is 1. The molecule has 2 fully saturated rings. The van der Waals surface area contributed by atoms with Gasteiger partial charge in [0.1, 0.15) is 0 Å². The van der Waals surface area contributed by atoms with Crippen molar-refractivity contribution in [2.24, 2.45) is 17.8 Å². The molecule has 6 nitrogen and oxygen atoms in total. The third-order valence-corrected chi connectivity index (χ3v) is 5.05. The molecule has 0 aliphatic heterocycles. The summed E-state index contributed by atoms with van der Waals surface area (Å²) in [6, 6.07) is 3.16. The molecule has 21 heavy (non-hydrogen) atoms. The van der Waals surface area contributed by atoms with E-state index in [1.807, 2.05) is 0 Å². The van der Waals surface area contributed by atoms with Crippen LogP contribution in [-0.2, 0) is 0 Å². The van der Waals surface area contributed by atoms with E-state index < -0.39 is 4.92 Å². The number of aromatic nitrogens is 1. The van der Waals surface area contributed by atoms with Gasteiger partial charge in [0.05, 0.1) is 12.0 Å². The Morgan fingerprint density at radius 3 is 2.81 bits per heavy atom. The van der Waals surface area contributed by atoms with Crippen molar-refractivity contribution in [2.75, 3.05) is 12.4 Å². The van der Waals surface area contributed by atoms with E-state index in [9.17, 15) is 10.1 Å². The van der Waals surface area contributed by atoms with Crippen molar-refractivity contribution in [1.29, 1.82) is 0 Å². The van der Waals surface area contributed by atoms with E-state index in [1.54, 1.807) is 0 Å². The molecule has 1 N–H and O–H groups in total. The summed E-state index contributed by atoms with van der Waals surface area (Å²) in [4.78, 5) is 14.9. The van der Waals surface area contributed by atoms with Crippen LogP contribution in [-0.4, -0.2) is 23.1 Å². The first-order valence-corrected chi connectivity index (χ1v) is 7.54. The molecule has 6 heteroatoms. The summed E-state index contributed by atoms with van der Waals surface area (Å²) in [5.41, 5.74) is 0.00538. The van der Waals surface area contributed by atoms with E-state index in [-0.39, 0.29) is 11.7 Å². The first-order chi connectivity index (χ1) is 10.1. The van der Waals surface area contributed by atoms with Crippen LogP contribution in [0.2, 0.25) is 0 Å². The minimum atomic E-state index is -0.401. The Kier molecular flexibility index (Phi) is 3.69. The molecular weight excluding hydrogens is 270 g/mol. The maximum Gasteiger partial charge on any atom is 0.311 e. The van der Waals surface area contributed by atoms with Gasteiger partial charge in [0.15, 0.2) is 0 Å². The standard InChI is InChI=1S/C15H21N3O3/c1-9(12-8-10-3-4-11(12)7-10)16-15-13(18(19)20)5-6-14(17-15)21-2/h5-6,9-12H,3-4,7-8H2,1-2H3,(H,16,17). The lowest BCUT2D eigenvalue weighted by Crippen LogP contribution is -2.30. The summed E-state index contributed by atoms with van der Waals surface area (Å²) in [5.74, 6) is 2.92. The predicted molar refractivity (Wildman–Crippen MR) is 79.5 cm³/mol. The molecule has 2 saturated carbocycles. The number of fused-ring (bicyclic) bond motifs is 2. The van der Waals surface area contributed by atoms with Crippen molar-refractivity contribution in [1.82, 2.24) is 4.98 Å². The number of ether oxygens (including phenoxy) is 1. The van der Waals surface area contributed by atoms with Gasteiger partial charge in [0, 0.05) is 18.2 Å². The molecule has 1 aromatic rings. The number of nitrogens with zero attached hydrogens (tertiary/aromatic N) is 2. The molecule has 4 unspecified atom stereocenters. The summed E-state index contributed by atoms with van der Waals surface area (Å²) in [6.45, 7) is 2.11. The smallest absolute Gasteiger partial charge is 0.311 e. The van der Waals surface area contributed by atoms with Crippen LogP contribution in [0.1, 0.15) is 32.6 Å². The molecule has 0 aromatic carbocycles. The van der Waals surface area contributed by atoms with Crippen LogP contribution in [0, 0.1) is 27.9 Å². The Morgan fingerprint density at radius 1 is 1.43 bits per heavy atom. The van der Waals surface area contributed by atoms with Gasteiger partial charge in [-0.3, -0.25) is 10.1 Å². The van der Waals surface area contributed by atoms with Crippen LogP contribution in [0.15, 0.2) is 12.1 Å². The number of pyridine rings is 1. The Morgan fingerprint density at radius 2 is 2.24 bits per heavy atom. The first kappa shape index (κ1) is 14.1. The Labute approximate surface area is 124 Å². The van der Waals surface area contributed by atoms with Crippen LogP contribution in [0.3, 0.4) is 0 Å². The van der Waals surface area contributed by atoms with Gasteiger partial charge >= 0.3 is 5.69 Å². The van der Waals surface area contributed by atoms with Crippen molar-refractivity contribution in [3.05, 3.63) is 22.2 Å². The second-order valence-corrected chi connectivity index (χ2v) is 6.25. The maximum absolute atomic E-state index is 11.1. The fraction of sp³-hybridized carbons (Fsp3) is 0.667. The van der Waals surface area contributed by atoms with Gasteiger partial charge in [0.25, 0.3) is 0 Å². The quantitative estimate of drug-likeness (QED) is 0.665. The van der Waals surface area contributed by atoms with Crippen molar-refractivity contribution in [3.63, 3.8) is 0 Å². The van der Waals surface area contributed by atoms with Gasteiger partial charge < -0.3 is 10.1 Å². The van der Waals surface area contributed by atoms with E-state index in [4.69, 9.17) is 4.74 Å². The number of anilines is 1. The first-order valence-electron chi connectivity index (χ1n) is 7.54. The van der Waals surface area contributed by atoms with Crippen LogP contribution < -0.4 is 10.1 Å². The maximum atomic E-state index is 11.1. The molecule has 4 atom stereocenters. The van der Waals surface area contributed by atoms with Gasteiger partial charge in [-0.25, -0.2) is 0 Å². The SMILES string of the molecule is COc1ccc([N+](=O)[O-])c(NC(C)C2CC3CCC2C3)n1. The Bertz CT molecular complexity index is 549. The average Bonchev–Trinajstić information content (AvgIpc) is 3.09. The summed E-state index contributed by atoms with van der Waals surface area (Å²) >= 11 is 0. The highest BCUT2D eigenvalue weighted by molar-refractivity contribution is 5.57. The monoisotopic (exact) mass is 291 g/mol. The summed E-state index contributed by atoms with van der Waals surface area (Å²) in [5, 5.41) is 14.4. The van der Waals surface area contributed by atoms with Crippen LogP contribution >= 0.6 is 0 Å². The zero-order valence-corrected chi connectivity index (χ0v) is 12.4. The predicted octanol–water partition coefficient (Wildman–Crippen LogP) is 3.24. The van der Waals surface area contributed by atoms with Crippen molar-refractivity contribution >= 4 is 11.5 Å². The zero-order valence-electron chi connectivity index (χ0n) is 12.4. The van der Waals surface area contributed by atoms with Crippen molar-refractivity contribution in [2.45, 2.75) is 38.6 Å². The molecule has 0 amide bonds. The molecule has 2 bridgehead atoms. The molecular formula is C15H21N3O3. The van der Waals surface area contributed by atoms with Crippen LogP contribution in [0.4, 0.5) is 11.5 Å². The third kappa shape index (κ3) is 2.66. The molecule has 114 valence electrons. The minimum absolute atomic E-state index is 0.00538. The lowest BCUT2D eigenvalue weighted by atomic mass is 9.84. The van der Waals surface area contributed by atoms with Gasteiger partial charge in [-0.1, -0.05) is 6.42 Å². The number of hydrogen-bond acceptors (Lipinski definition) is 5. The second kappa shape index (κ2) is 5.50. The minimum Gasteiger partial charge on any atom is -0.481 e. The van der Waals surface area contributed by atoms with Crippen LogP contribution in [0.5, 0.6) is 5.88 Å². The van der Waals surface area contributed by atoms with Gasteiger partial charge in [-0.05, 0) is 43.9 Å². The molecule has 0 radical (unpaired) electrons. The second-order valence-electron chi connectivity index (χ2n) is 6.25. The summed E-state index contributed by atoms with van der Waals surface area (Å²) in [7, 11) is 1.51. The third-order valence-electron chi connectivity index (χ3n) is 5.05. The molecule has 2 aliphatic carbocycles. The summed E-state index contributed by atoms with van der Waals surface area (Å²) in [6.07, 6.45) is 5.21. The molecule has 3 rings (SSSR count). The van der Waals surface area contributed by atoms with Crippen molar-refractivity contribution < 1.29 is 9.66 Å². The Balaban J connectivity index is 1.78. The number of methoxy groups -OCH3 is 1.